The van der Waals surface area contributed by atoms with Gasteiger partial charge in [-0.1, -0.05) is 36.4 Å². The first-order chi connectivity index (χ1) is 15.8. The first-order valence-corrected chi connectivity index (χ1v) is 11.0. The largest absolute Gasteiger partial charge is 0.352 e. The minimum absolute atomic E-state index is 0.0902. The molecule has 1 N–H and O–H groups in total. The third kappa shape index (κ3) is 4.53. The van der Waals surface area contributed by atoms with Gasteiger partial charge in [0.25, 0.3) is 5.91 Å². The van der Waals surface area contributed by atoms with Crippen molar-refractivity contribution in [2.75, 3.05) is 19.6 Å². The maximum absolute atomic E-state index is 12.7. The number of benzene rings is 1. The summed E-state index contributed by atoms with van der Waals surface area (Å²) in [5, 5.41) is 11.8. The quantitative estimate of drug-likeness (QED) is 0.492. The van der Waals surface area contributed by atoms with Crippen LogP contribution in [0.3, 0.4) is 0 Å². The summed E-state index contributed by atoms with van der Waals surface area (Å²) in [6, 6.07) is 18.1. The minimum atomic E-state index is -0.0902. The monoisotopic (exact) mass is 426 g/mol. The molecule has 7 heteroatoms. The number of carbonyl (C=O) groups is 1. The Kier molecular flexibility index (Phi) is 5.89. The molecule has 1 aliphatic rings. The van der Waals surface area contributed by atoms with E-state index in [1.165, 1.54) is 5.56 Å². The second-order valence-corrected chi connectivity index (χ2v) is 8.28. The van der Waals surface area contributed by atoms with Crippen molar-refractivity contribution in [1.29, 1.82) is 0 Å². The van der Waals surface area contributed by atoms with Gasteiger partial charge in [0, 0.05) is 44.1 Å². The Balaban J connectivity index is 1.25. The maximum Gasteiger partial charge on any atom is 0.252 e. The van der Waals surface area contributed by atoms with Gasteiger partial charge in [-0.2, -0.15) is 0 Å². The number of aromatic nitrogens is 4. The van der Waals surface area contributed by atoms with Crippen LogP contribution in [0.1, 0.15) is 39.6 Å². The Morgan fingerprint density at radius 2 is 1.91 bits per heavy atom. The standard InChI is InChI=1S/C25H26N6O/c32-25(27-13-10-19-7-4-12-26-15-19)22-8-9-23-28-29-24(31(23)18-22)21-11-14-30(17-21)16-20-5-2-1-3-6-20/h1-9,12,15,18,21H,10-11,13-14,16-17H2,(H,27,32)/t21-/m0/s1. The van der Waals surface area contributed by atoms with Gasteiger partial charge >= 0.3 is 0 Å². The molecule has 0 radical (unpaired) electrons. The van der Waals surface area contributed by atoms with Crippen molar-refractivity contribution in [2.24, 2.45) is 0 Å². The first kappa shape index (κ1) is 20.3. The lowest BCUT2D eigenvalue weighted by Gasteiger charge is -2.15. The number of carbonyl (C=O) groups excluding carboxylic acids is 1. The van der Waals surface area contributed by atoms with E-state index < -0.39 is 0 Å². The molecule has 1 aliphatic heterocycles. The number of pyridine rings is 2. The number of hydrogen-bond acceptors (Lipinski definition) is 5. The molecule has 0 saturated carbocycles. The second-order valence-electron chi connectivity index (χ2n) is 8.28. The summed E-state index contributed by atoms with van der Waals surface area (Å²) in [5.41, 5.74) is 3.81. The summed E-state index contributed by atoms with van der Waals surface area (Å²) in [7, 11) is 0. The lowest BCUT2D eigenvalue weighted by atomic mass is 10.1. The van der Waals surface area contributed by atoms with Crippen LogP contribution in [0.15, 0.2) is 73.2 Å². The topological polar surface area (TPSA) is 75.4 Å². The summed E-state index contributed by atoms with van der Waals surface area (Å²) in [6.07, 6.45) is 7.22. The van der Waals surface area contributed by atoms with Crippen LogP contribution in [-0.4, -0.2) is 50.0 Å². The van der Waals surface area contributed by atoms with Crippen molar-refractivity contribution in [3.8, 4) is 0 Å². The molecule has 1 atom stereocenters. The van der Waals surface area contributed by atoms with E-state index in [1.54, 1.807) is 6.20 Å². The predicted octanol–water partition coefficient (Wildman–Crippen LogP) is 3.09. The zero-order chi connectivity index (χ0) is 21.8. The normalized spacial score (nSPS) is 16.4. The number of hydrogen-bond donors (Lipinski definition) is 1. The fourth-order valence-corrected chi connectivity index (χ4v) is 4.32. The molecule has 0 spiro atoms. The van der Waals surface area contributed by atoms with Gasteiger partial charge in [0.1, 0.15) is 5.82 Å². The van der Waals surface area contributed by atoms with Crippen LogP contribution in [0.5, 0.6) is 0 Å². The number of amides is 1. The van der Waals surface area contributed by atoms with E-state index in [-0.39, 0.29) is 5.91 Å². The van der Waals surface area contributed by atoms with E-state index >= 15 is 0 Å². The molecule has 3 aromatic heterocycles. The zero-order valence-electron chi connectivity index (χ0n) is 17.9. The molecule has 7 nitrogen and oxygen atoms in total. The van der Waals surface area contributed by atoms with E-state index in [4.69, 9.17) is 0 Å². The van der Waals surface area contributed by atoms with E-state index in [1.807, 2.05) is 47.1 Å². The molecule has 32 heavy (non-hydrogen) atoms. The fourth-order valence-electron chi connectivity index (χ4n) is 4.32. The lowest BCUT2D eigenvalue weighted by molar-refractivity contribution is 0.0953. The Labute approximate surface area is 187 Å². The Morgan fingerprint density at radius 1 is 1.03 bits per heavy atom. The number of fused-ring (bicyclic) bond motifs is 1. The molecule has 1 fully saturated rings. The molecular weight excluding hydrogens is 400 g/mol. The molecule has 0 bridgehead atoms. The average Bonchev–Trinajstić information content (AvgIpc) is 3.46. The SMILES string of the molecule is O=C(NCCc1cccnc1)c1ccc2nnc([C@H]3CCN(Cc4ccccc4)C3)n2c1. The molecule has 5 rings (SSSR count). The van der Waals surface area contributed by atoms with Gasteiger partial charge < -0.3 is 5.32 Å². The van der Waals surface area contributed by atoms with E-state index in [9.17, 15) is 4.79 Å². The minimum Gasteiger partial charge on any atom is -0.352 e. The maximum atomic E-state index is 12.7. The van der Waals surface area contributed by atoms with Crippen molar-refractivity contribution >= 4 is 11.6 Å². The highest BCUT2D eigenvalue weighted by Crippen LogP contribution is 2.27. The average molecular weight is 427 g/mol. The van der Waals surface area contributed by atoms with E-state index in [0.717, 1.165) is 49.5 Å². The van der Waals surface area contributed by atoms with Crippen molar-refractivity contribution in [2.45, 2.75) is 25.3 Å². The van der Waals surface area contributed by atoms with Gasteiger partial charge in [0.05, 0.1) is 5.56 Å². The summed E-state index contributed by atoms with van der Waals surface area (Å²) < 4.78 is 1.98. The van der Waals surface area contributed by atoms with Crippen molar-refractivity contribution in [3.63, 3.8) is 0 Å². The van der Waals surface area contributed by atoms with E-state index in [0.29, 0.717) is 18.0 Å². The molecule has 1 amide bonds. The van der Waals surface area contributed by atoms with Crippen LogP contribution in [-0.2, 0) is 13.0 Å². The van der Waals surface area contributed by atoms with Gasteiger partial charge in [0.2, 0.25) is 0 Å². The van der Waals surface area contributed by atoms with Crippen LogP contribution in [0.2, 0.25) is 0 Å². The van der Waals surface area contributed by atoms with Crippen molar-refractivity contribution in [1.82, 2.24) is 29.8 Å². The van der Waals surface area contributed by atoms with Crippen LogP contribution in [0.4, 0.5) is 0 Å². The predicted molar refractivity (Wildman–Crippen MR) is 122 cm³/mol. The van der Waals surface area contributed by atoms with Gasteiger partial charge in [-0.3, -0.25) is 19.1 Å². The third-order valence-corrected chi connectivity index (χ3v) is 6.00. The lowest BCUT2D eigenvalue weighted by Crippen LogP contribution is -2.26. The molecule has 1 saturated heterocycles. The van der Waals surface area contributed by atoms with Gasteiger partial charge in [-0.25, -0.2) is 0 Å². The molecule has 4 aromatic rings. The summed E-state index contributed by atoms with van der Waals surface area (Å²) in [4.78, 5) is 19.3. The van der Waals surface area contributed by atoms with Crippen LogP contribution in [0, 0.1) is 0 Å². The zero-order valence-corrected chi connectivity index (χ0v) is 17.9. The van der Waals surface area contributed by atoms with Gasteiger partial charge in [-0.05, 0) is 48.7 Å². The van der Waals surface area contributed by atoms with Gasteiger partial charge in [-0.15, -0.1) is 10.2 Å². The van der Waals surface area contributed by atoms with Crippen molar-refractivity contribution < 1.29 is 4.79 Å². The summed E-state index contributed by atoms with van der Waals surface area (Å²) in [6.45, 7) is 3.48. The fraction of sp³-hybridized carbons (Fsp3) is 0.280. The highest BCUT2D eigenvalue weighted by atomic mass is 16.1. The molecule has 0 unspecified atom stereocenters. The summed E-state index contributed by atoms with van der Waals surface area (Å²) >= 11 is 0. The Morgan fingerprint density at radius 3 is 2.75 bits per heavy atom. The number of likely N-dealkylation sites (tertiary alicyclic amines) is 1. The third-order valence-electron chi connectivity index (χ3n) is 6.00. The van der Waals surface area contributed by atoms with Crippen LogP contribution < -0.4 is 5.32 Å². The Hall–Kier alpha value is -3.58. The van der Waals surface area contributed by atoms with Crippen molar-refractivity contribution in [3.05, 3.63) is 95.7 Å². The van der Waals surface area contributed by atoms with Crippen LogP contribution >= 0.6 is 0 Å². The molecule has 1 aromatic carbocycles. The molecular formula is C25H26N6O. The molecule has 162 valence electrons. The van der Waals surface area contributed by atoms with Crippen LogP contribution in [0.25, 0.3) is 5.65 Å². The highest BCUT2D eigenvalue weighted by molar-refractivity contribution is 5.94. The Bertz CT molecular complexity index is 1190. The first-order valence-electron chi connectivity index (χ1n) is 11.0. The summed E-state index contributed by atoms with van der Waals surface area (Å²) in [5.74, 6) is 1.14. The number of nitrogens with one attached hydrogen (secondary N) is 1. The number of rotatable bonds is 7. The second kappa shape index (κ2) is 9.28. The highest BCUT2D eigenvalue weighted by Gasteiger charge is 2.27. The molecule has 0 aliphatic carbocycles. The van der Waals surface area contributed by atoms with Gasteiger partial charge in [0.15, 0.2) is 5.65 Å². The smallest absolute Gasteiger partial charge is 0.252 e. The number of nitrogens with zero attached hydrogens (tertiary/aromatic N) is 5. The van der Waals surface area contributed by atoms with E-state index in [2.05, 4.69) is 49.7 Å². The molecule has 4 heterocycles.